The molecule has 2 aromatic carbocycles. The molecule has 0 aliphatic heterocycles. The summed E-state index contributed by atoms with van der Waals surface area (Å²) in [6.07, 6.45) is 0.812. The molecule has 0 aliphatic carbocycles. The fourth-order valence-corrected chi connectivity index (χ4v) is 3.30. The molecule has 0 unspecified atom stereocenters. The summed E-state index contributed by atoms with van der Waals surface area (Å²) >= 11 is 6.07. The molecule has 2 N–H and O–H groups in total. The highest BCUT2D eigenvalue weighted by Crippen LogP contribution is 2.26. The number of sulfonamides is 1. The second kappa shape index (κ2) is 7.68. The number of carbonyl (C=O) groups excluding carboxylic acids is 1. The first-order chi connectivity index (χ1) is 11.3. The molecule has 0 atom stereocenters. The van der Waals surface area contributed by atoms with Crippen molar-refractivity contribution in [1.29, 1.82) is 0 Å². The van der Waals surface area contributed by atoms with E-state index in [9.17, 15) is 13.2 Å². The van der Waals surface area contributed by atoms with Crippen molar-refractivity contribution in [3.8, 4) is 0 Å². The first kappa shape index (κ1) is 18.3. The van der Waals surface area contributed by atoms with Gasteiger partial charge in [0.1, 0.15) is 0 Å². The Morgan fingerprint density at radius 2 is 1.79 bits per heavy atom. The maximum Gasteiger partial charge on any atom is 0.261 e. The van der Waals surface area contributed by atoms with Gasteiger partial charge in [-0.25, -0.2) is 8.42 Å². The number of hydrogen-bond donors (Lipinski definition) is 2. The smallest absolute Gasteiger partial charge is 0.261 e. The lowest BCUT2D eigenvalue weighted by molar-refractivity contribution is 0.0953. The molecule has 24 heavy (non-hydrogen) atoms. The molecule has 0 bridgehead atoms. The number of rotatable bonds is 6. The van der Waals surface area contributed by atoms with E-state index in [2.05, 4.69) is 10.0 Å². The molecule has 7 heteroatoms. The summed E-state index contributed by atoms with van der Waals surface area (Å²) in [6, 6.07) is 10.9. The number of aryl methyl sites for hydroxylation is 1. The summed E-state index contributed by atoms with van der Waals surface area (Å²) < 4.78 is 27.3. The number of amides is 1. The summed E-state index contributed by atoms with van der Waals surface area (Å²) in [4.78, 5) is 12.1. The Balaban J connectivity index is 2.28. The van der Waals surface area contributed by atoms with Gasteiger partial charge in [0.25, 0.3) is 15.9 Å². The van der Waals surface area contributed by atoms with Crippen LogP contribution in [0.15, 0.2) is 47.4 Å². The quantitative estimate of drug-likeness (QED) is 0.820. The van der Waals surface area contributed by atoms with Crippen molar-refractivity contribution in [2.24, 2.45) is 0 Å². The van der Waals surface area contributed by atoms with Gasteiger partial charge in [0.15, 0.2) is 0 Å². The predicted molar refractivity (Wildman–Crippen MR) is 96.1 cm³/mol. The monoisotopic (exact) mass is 366 g/mol. The molecule has 0 saturated heterocycles. The van der Waals surface area contributed by atoms with Crippen molar-refractivity contribution in [2.45, 2.75) is 25.2 Å². The molecular formula is C17H19ClN2O3S. The molecule has 0 aliphatic rings. The van der Waals surface area contributed by atoms with E-state index in [1.54, 1.807) is 18.2 Å². The lowest BCUT2D eigenvalue weighted by atomic mass is 10.2. The molecule has 0 saturated carbocycles. The SMILES string of the molecule is CCCNC(=O)c1ccc(Cl)c(NS(=O)(=O)c2ccc(C)cc2)c1. The van der Waals surface area contributed by atoms with E-state index in [0.717, 1.165) is 12.0 Å². The zero-order valence-electron chi connectivity index (χ0n) is 13.5. The second-order valence-electron chi connectivity index (χ2n) is 5.37. The van der Waals surface area contributed by atoms with Gasteiger partial charge < -0.3 is 5.32 Å². The third kappa shape index (κ3) is 4.49. The van der Waals surface area contributed by atoms with E-state index in [0.29, 0.717) is 12.1 Å². The zero-order chi connectivity index (χ0) is 17.7. The fraction of sp³-hybridized carbons (Fsp3) is 0.235. The van der Waals surface area contributed by atoms with Gasteiger partial charge in [-0.3, -0.25) is 9.52 Å². The number of halogens is 1. The van der Waals surface area contributed by atoms with Gasteiger partial charge in [0, 0.05) is 12.1 Å². The average molecular weight is 367 g/mol. The topological polar surface area (TPSA) is 75.3 Å². The van der Waals surface area contributed by atoms with E-state index >= 15 is 0 Å². The van der Waals surface area contributed by atoms with Gasteiger partial charge in [-0.05, 0) is 43.7 Å². The summed E-state index contributed by atoms with van der Waals surface area (Å²) in [7, 11) is -3.78. The Bertz CT molecular complexity index is 833. The molecule has 0 aromatic heterocycles. The normalized spacial score (nSPS) is 11.1. The summed E-state index contributed by atoms with van der Waals surface area (Å²) in [5, 5.41) is 2.96. The maximum absolute atomic E-state index is 12.4. The van der Waals surface area contributed by atoms with Crippen LogP contribution in [-0.2, 0) is 10.0 Å². The lowest BCUT2D eigenvalue weighted by Crippen LogP contribution is -2.24. The standard InChI is InChI=1S/C17H19ClN2O3S/c1-3-10-19-17(21)13-6-9-15(18)16(11-13)20-24(22,23)14-7-4-12(2)5-8-14/h4-9,11,20H,3,10H2,1-2H3,(H,19,21). The minimum Gasteiger partial charge on any atom is -0.352 e. The molecule has 2 aromatic rings. The molecule has 0 heterocycles. The van der Waals surface area contributed by atoms with Crippen molar-refractivity contribution in [2.75, 3.05) is 11.3 Å². The van der Waals surface area contributed by atoms with Gasteiger partial charge in [-0.1, -0.05) is 36.2 Å². The van der Waals surface area contributed by atoms with Crippen LogP contribution in [0.1, 0.15) is 29.3 Å². The largest absolute Gasteiger partial charge is 0.352 e. The van der Waals surface area contributed by atoms with Crippen LogP contribution in [0, 0.1) is 6.92 Å². The van der Waals surface area contributed by atoms with Crippen LogP contribution in [0.3, 0.4) is 0 Å². The number of hydrogen-bond acceptors (Lipinski definition) is 3. The molecule has 5 nitrogen and oxygen atoms in total. The van der Waals surface area contributed by atoms with Gasteiger partial charge in [-0.2, -0.15) is 0 Å². The fourth-order valence-electron chi connectivity index (χ4n) is 2.01. The van der Waals surface area contributed by atoms with Crippen LogP contribution >= 0.6 is 11.6 Å². The molecule has 128 valence electrons. The number of nitrogens with one attached hydrogen (secondary N) is 2. The van der Waals surface area contributed by atoms with Crippen molar-refractivity contribution >= 4 is 33.2 Å². The van der Waals surface area contributed by atoms with Gasteiger partial charge in [-0.15, -0.1) is 0 Å². The molecule has 0 fully saturated rings. The highest BCUT2D eigenvalue weighted by Gasteiger charge is 2.17. The highest BCUT2D eigenvalue weighted by molar-refractivity contribution is 7.92. The lowest BCUT2D eigenvalue weighted by Gasteiger charge is -2.11. The molecule has 0 radical (unpaired) electrons. The molecular weight excluding hydrogens is 348 g/mol. The average Bonchev–Trinajstić information content (AvgIpc) is 2.55. The van der Waals surface area contributed by atoms with Crippen molar-refractivity contribution in [3.05, 3.63) is 58.6 Å². The summed E-state index contributed by atoms with van der Waals surface area (Å²) in [5.74, 6) is -0.274. The van der Waals surface area contributed by atoms with E-state index < -0.39 is 10.0 Å². The Hall–Kier alpha value is -2.05. The third-order valence-corrected chi connectivity index (χ3v) is 5.05. The predicted octanol–water partition coefficient (Wildman–Crippen LogP) is 3.59. The highest BCUT2D eigenvalue weighted by atomic mass is 35.5. The second-order valence-corrected chi connectivity index (χ2v) is 7.46. The van der Waals surface area contributed by atoms with E-state index in [4.69, 9.17) is 11.6 Å². The van der Waals surface area contributed by atoms with Crippen LogP contribution in [0.4, 0.5) is 5.69 Å². The van der Waals surface area contributed by atoms with Crippen molar-refractivity contribution < 1.29 is 13.2 Å². The number of carbonyl (C=O) groups is 1. The van der Waals surface area contributed by atoms with Gasteiger partial charge in [0.2, 0.25) is 0 Å². The van der Waals surface area contributed by atoms with E-state index in [1.165, 1.54) is 24.3 Å². The Morgan fingerprint density at radius 1 is 1.12 bits per heavy atom. The van der Waals surface area contributed by atoms with Crippen molar-refractivity contribution in [1.82, 2.24) is 5.32 Å². The third-order valence-electron chi connectivity index (χ3n) is 3.34. The molecule has 1 amide bonds. The maximum atomic E-state index is 12.4. The van der Waals surface area contributed by atoms with E-state index in [-0.39, 0.29) is 21.5 Å². The molecule has 2 rings (SSSR count). The minimum absolute atomic E-state index is 0.130. The number of benzene rings is 2. The van der Waals surface area contributed by atoms with Crippen LogP contribution in [-0.4, -0.2) is 20.9 Å². The summed E-state index contributed by atoms with van der Waals surface area (Å²) in [6.45, 7) is 4.37. The van der Waals surface area contributed by atoms with Gasteiger partial charge in [0.05, 0.1) is 15.6 Å². The Labute approximate surface area is 147 Å². The van der Waals surface area contributed by atoms with Crippen LogP contribution < -0.4 is 10.0 Å². The molecule has 0 spiro atoms. The minimum atomic E-state index is -3.78. The Kier molecular flexibility index (Phi) is 5.85. The first-order valence-electron chi connectivity index (χ1n) is 7.50. The van der Waals surface area contributed by atoms with Crippen LogP contribution in [0.2, 0.25) is 5.02 Å². The first-order valence-corrected chi connectivity index (χ1v) is 9.37. The van der Waals surface area contributed by atoms with E-state index in [1.807, 2.05) is 13.8 Å². The zero-order valence-corrected chi connectivity index (χ0v) is 15.0. The van der Waals surface area contributed by atoms with Gasteiger partial charge >= 0.3 is 0 Å². The number of anilines is 1. The van der Waals surface area contributed by atoms with Crippen LogP contribution in [0.25, 0.3) is 0 Å². The van der Waals surface area contributed by atoms with Crippen LogP contribution in [0.5, 0.6) is 0 Å². The summed E-state index contributed by atoms with van der Waals surface area (Å²) in [5.41, 5.74) is 1.47. The van der Waals surface area contributed by atoms with Crippen molar-refractivity contribution in [3.63, 3.8) is 0 Å². The Morgan fingerprint density at radius 3 is 2.42 bits per heavy atom.